The maximum atomic E-state index is 5.53. The molecule has 0 bridgehead atoms. The fourth-order valence-corrected chi connectivity index (χ4v) is 2.97. The van der Waals surface area contributed by atoms with Crippen LogP contribution < -0.4 is 0 Å². The summed E-state index contributed by atoms with van der Waals surface area (Å²) in [4.78, 5) is 0. The average molecular weight is 234 g/mol. The summed E-state index contributed by atoms with van der Waals surface area (Å²) in [5, 5.41) is 5.37. The summed E-state index contributed by atoms with van der Waals surface area (Å²) in [6.45, 7) is 3.08. The van der Waals surface area contributed by atoms with Crippen LogP contribution >= 0.6 is 0 Å². The molecule has 0 aliphatic carbocycles. The van der Waals surface area contributed by atoms with Gasteiger partial charge in [0.05, 0.1) is 6.61 Å². The maximum Gasteiger partial charge on any atom is 0.107 e. The van der Waals surface area contributed by atoms with Gasteiger partial charge in [0, 0.05) is 0 Å². The number of rotatable bonds is 1. The lowest BCUT2D eigenvalue weighted by Crippen LogP contribution is -1.92. The minimum Gasteiger partial charge on any atom is -0.368 e. The van der Waals surface area contributed by atoms with Gasteiger partial charge in [-0.25, -0.2) is 0 Å². The van der Waals surface area contributed by atoms with Crippen molar-refractivity contribution in [1.29, 1.82) is 0 Å². The number of epoxide rings is 1. The molecule has 1 saturated heterocycles. The number of fused-ring (bicyclic) bond motifs is 3. The Morgan fingerprint density at radius 3 is 1.94 bits per heavy atom. The zero-order chi connectivity index (χ0) is 12.1. The van der Waals surface area contributed by atoms with Crippen LogP contribution in [0.25, 0.3) is 21.5 Å². The van der Waals surface area contributed by atoms with E-state index in [-0.39, 0.29) is 0 Å². The van der Waals surface area contributed by atoms with Crippen LogP contribution in [0.4, 0.5) is 0 Å². The molecule has 0 N–H and O–H groups in total. The van der Waals surface area contributed by atoms with E-state index in [1.807, 2.05) is 0 Å². The van der Waals surface area contributed by atoms with Crippen molar-refractivity contribution in [3.63, 3.8) is 0 Å². The molecule has 0 amide bonds. The molecule has 0 unspecified atom stereocenters. The second kappa shape index (κ2) is 3.56. The summed E-state index contributed by atoms with van der Waals surface area (Å²) >= 11 is 0. The molecule has 4 rings (SSSR count). The summed E-state index contributed by atoms with van der Waals surface area (Å²) in [6.07, 6.45) is 0.305. The van der Waals surface area contributed by atoms with E-state index in [2.05, 4.69) is 55.5 Å². The Labute approximate surface area is 106 Å². The van der Waals surface area contributed by atoms with Crippen molar-refractivity contribution in [3.8, 4) is 0 Å². The van der Waals surface area contributed by atoms with Crippen LogP contribution in [0.5, 0.6) is 0 Å². The third-order valence-electron chi connectivity index (χ3n) is 3.90. The highest BCUT2D eigenvalue weighted by Crippen LogP contribution is 2.41. The highest BCUT2D eigenvalue weighted by atomic mass is 16.6. The number of hydrogen-bond donors (Lipinski definition) is 0. The van der Waals surface area contributed by atoms with Gasteiger partial charge in [-0.3, -0.25) is 0 Å². The van der Waals surface area contributed by atoms with Gasteiger partial charge in [0.15, 0.2) is 0 Å². The van der Waals surface area contributed by atoms with Crippen LogP contribution in [0.1, 0.15) is 17.2 Å². The monoisotopic (exact) mass is 234 g/mol. The highest BCUT2D eigenvalue weighted by molar-refractivity contribution is 6.10. The average Bonchev–Trinajstić information content (AvgIpc) is 3.24. The standard InChI is InChI=1S/C17H14O/c1-11-12-6-2-3-7-13(12)14-8-4-5-9-15(14)17(11)16-10-18-16/h2-9,16H,10H2,1H3/t16-/m0/s1. The molecule has 0 radical (unpaired) electrons. The van der Waals surface area contributed by atoms with Crippen molar-refractivity contribution in [2.24, 2.45) is 0 Å². The quantitative estimate of drug-likeness (QED) is 0.450. The third-order valence-corrected chi connectivity index (χ3v) is 3.90. The first-order valence-corrected chi connectivity index (χ1v) is 6.38. The lowest BCUT2D eigenvalue weighted by atomic mass is 9.91. The maximum absolute atomic E-state index is 5.53. The van der Waals surface area contributed by atoms with Gasteiger partial charge in [-0.1, -0.05) is 48.5 Å². The van der Waals surface area contributed by atoms with E-state index in [1.165, 1.54) is 32.7 Å². The van der Waals surface area contributed by atoms with Crippen LogP contribution in [-0.2, 0) is 4.74 Å². The Bertz CT molecular complexity index is 754. The van der Waals surface area contributed by atoms with Gasteiger partial charge in [0.2, 0.25) is 0 Å². The van der Waals surface area contributed by atoms with Gasteiger partial charge in [-0.15, -0.1) is 0 Å². The normalized spacial score (nSPS) is 18.4. The molecule has 18 heavy (non-hydrogen) atoms. The summed E-state index contributed by atoms with van der Waals surface area (Å²) in [6, 6.07) is 17.3. The van der Waals surface area contributed by atoms with E-state index in [9.17, 15) is 0 Å². The third kappa shape index (κ3) is 1.31. The van der Waals surface area contributed by atoms with Crippen LogP contribution in [0.2, 0.25) is 0 Å². The molecule has 3 aromatic rings. The SMILES string of the molecule is Cc1c([C@@H]2CO2)c2ccccc2c2ccccc12. The second-order valence-corrected chi connectivity index (χ2v) is 4.95. The van der Waals surface area contributed by atoms with Crippen LogP contribution in [-0.4, -0.2) is 6.61 Å². The molecular weight excluding hydrogens is 220 g/mol. The Hall–Kier alpha value is -1.86. The molecule has 1 heteroatoms. The molecule has 1 fully saturated rings. The highest BCUT2D eigenvalue weighted by Gasteiger charge is 2.29. The van der Waals surface area contributed by atoms with Crippen LogP contribution in [0.3, 0.4) is 0 Å². The molecule has 0 saturated carbocycles. The zero-order valence-electron chi connectivity index (χ0n) is 10.3. The van der Waals surface area contributed by atoms with Crippen molar-refractivity contribution >= 4 is 21.5 Å². The molecule has 1 aliphatic heterocycles. The van der Waals surface area contributed by atoms with Gasteiger partial charge in [-0.2, -0.15) is 0 Å². The van der Waals surface area contributed by atoms with Crippen molar-refractivity contribution in [2.45, 2.75) is 13.0 Å². The summed E-state index contributed by atoms with van der Waals surface area (Å²) < 4.78 is 5.53. The van der Waals surface area contributed by atoms with Gasteiger partial charge in [0.1, 0.15) is 6.10 Å². The fourth-order valence-electron chi connectivity index (χ4n) is 2.97. The fraction of sp³-hybridized carbons (Fsp3) is 0.176. The van der Waals surface area contributed by atoms with Crippen LogP contribution in [0, 0.1) is 6.92 Å². The summed E-state index contributed by atoms with van der Waals surface area (Å²) in [5.74, 6) is 0. The minimum atomic E-state index is 0.305. The molecule has 1 heterocycles. The second-order valence-electron chi connectivity index (χ2n) is 4.95. The molecule has 1 atom stereocenters. The van der Waals surface area contributed by atoms with Crippen molar-refractivity contribution in [2.75, 3.05) is 6.61 Å². The Balaban J connectivity index is 2.27. The minimum absolute atomic E-state index is 0.305. The topological polar surface area (TPSA) is 12.5 Å². The molecule has 1 aliphatic rings. The van der Waals surface area contributed by atoms with E-state index in [4.69, 9.17) is 4.74 Å². The smallest absolute Gasteiger partial charge is 0.107 e. The summed E-state index contributed by atoms with van der Waals surface area (Å²) in [5.41, 5.74) is 2.75. The van der Waals surface area contributed by atoms with Gasteiger partial charge in [0.25, 0.3) is 0 Å². The first-order valence-electron chi connectivity index (χ1n) is 6.38. The Morgan fingerprint density at radius 2 is 1.33 bits per heavy atom. The molecule has 0 aromatic heterocycles. The van der Waals surface area contributed by atoms with E-state index in [1.54, 1.807) is 0 Å². The first kappa shape index (κ1) is 10.1. The lowest BCUT2D eigenvalue weighted by molar-refractivity contribution is 0.416. The van der Waals surface area contributed by atoms with Crippen LogP contribution in [0.15, 0.2) is 48.5 Å². The lowest BCUT2D eigenvalue weighted by Gasteiger charge is -2.13. The summed E-state index contributed by atoms with van der Waals surface area (Å²) in [7, 11) is 0. The van der Waals surface area contributed by atoms with E-state index in [0.29, 0.717) is 6.10 Å². The van der Waals surface area contributed by atoms with Gasteiger partial charge in [-0.05, 0) is 39.6 Å². The molecular formula is C17H14O. The predicted molar refractivity (Wildman–Crippen MR) is 74.9 cm³/mol. The number of benzene rings is 3. The Morgan fingerprint density at radius 1 is 0.833 bits per heavy atom. The molecule has 0 spiro atoms. The van der Waals surface area contributed by atoms with Gasteiger partial charge < -0.3 is 4.74 Å². The number of ether oxygens (including phenoxy) is 1. The zero-order valence-corrected chi connectivity index (χ0v) is 10.3. The molecule has 3 aromatic carbocycles. The number of hydrogen-bond acceptors (Lipinski definition) is 1. The van der Waals surface area contributed by atoms with Crippen molar-refractivity contribution in [3.05, 3.63) is 59.7 Å². The molecule has 88 valence electrons. The van der Waals surface area contributed by atoms with Gasteiger partial charge >= 0.3 is 0 Å². The first-order chi connectivity index (χ1) is 8.86. The Kier molecular flexibility index (Phi) is 2.00. The van der Waals surface area contributed by atoms with E-state index >= 15 is 0 Å². The van der Waals surface area contributed by atoms with E-state index in [0.717, 1.165) is 6.61 Å². The number of aryl methyl sites for hydroxylation is 1. The molecule has 1 nitrogen and oxygen atoms in total. The van der Waals surface area contributed by atoms with Crippen molar-refractivity contribution in [1.82, 2.24) is 0 Å². The van der Waals surface area contributed by atoms with E-state index < -0.39 is 0 Å². The predicted octanol–water partition coefficient (Wildman–Crippen LogP) is 4.37. The largest absolute Gasteiger partial charge is 0.368 e. The van der Waals surface area contributed by atoms with Crippen molar-refractivity contribution < 1.29 is 4.74 Å².